The summed E-state index contributed by atoms with van der Waals surface area (Å²) in [5.41, 5.74) is 0. The highest BCUT2D eigenvalue weighted by Gasteiger charge is 2.16. The van der Waals surface area contributed by atoms with Crippen LogP contribution in [0.5, 0.6) is 0 Å². The fourth-order valence-electron chi connectivity index (χ4n) is 0.830. The molecule has 1 heterocycles. The van der Waals surface area contributed by atoms with Crippen LogP contribution >= 0.6 is 0 Å². The van der Waals surface area contributed by atoms with E-state index in [1.165, 1.54) is 0 Å². The van der Waals surface area contributed by atoms with Crippen LogP contribution in [0, 0.1) is 11.3 Å². The first-order chi connectivity index (χ1) is 3.83. The lowest BCUT2D eigenvalue weighted by molar-refractivity contribution is 0.239. The summed E-state index contributed by atoms with van der Waals surface area (Å²) in [5.74, 6) is 0.853. The fraction of sp³-hybridized carbons (Fsp3) is 0.800. The summed E-state index contributed by atoms with van der Waals surface area (Å²) in [6.07, 6.45) is 0.719. The van der Waals surface area contributed by atoms with E-state index < -0.39 is 0 Å². The van der Waals surface area contributed by atoms with Crippen LogP contribution in [0.2, 0.25) is 0 Å². The van der Waals surface area contributed by atoms with E-state index in [4.69, 9.17) is 10.5 Å². The van der Waals surface area contributed by atoms with E-state index in [0.717, 1.165) is 13.0 Å². The Morgan fingerprint density at radius 1 is 1.88 bits per heavy atom. The zero-order valence-electron chi connectivity index (χ0n) is 4.65. The molecule has 46 valence electrons. The minimum absolute atomic E-state index is 0.204. The maximum atomic E-state index is 8.55. The summed E-state index contributed by atoms with van der Waals surface area (Å²) < 4.78 is 0. The minimum atomic E-state index is 0.204. The van der Waals surface area contributed by atoms with Crippen molar-refractivity contribution in [1.29, 1.82) is 5.41 Å². The average Bonchev–Trinajstić information content (AvgIpc) is 2.14. The predicted octanol–water partition coefficient (Wildman–Crippen LogP) is -0.435. The van der Waals surface area contributed by atoms with Crippen molar-refractivity contribution < 1.29 is 5.11 Å². The number of nitrogens with one attached hydrogen (secondary N) is 2. The molecule has 1 unspecified atom stereocenters. The van der Waals surface area contributed by atoms with Gasteiger partial charge in [-0.25, -0.2) is 0 Å². The van der Waals surface area contributed by atoms with Crippen molar-refractivity contribution >= 4 is 5.84 Å². The van der Waals surface area contributed by atoms with Crippen LogP contribution in [-0.2, 0) is 0 Å². The first-order valence-corrected chi connectivity index (χ1v) is 2.75. The maximum absolute atomic E-state index is 8.55. The SMILES string of the molecule is N=C1CC(CO)CN1. The average molecular weight is 114 g/mol. The molecule has 1 saturated heterocycles. The van der Waals surface area contributed by atoms with Gasteiger partial charge in [0, 0.05) is 25.5 Å². The van der Waals surface area contributed by atoms with Crippen LogP contribution in [0.1, 0.15) is 6.42 Å². The van der Waals surface area contributed by atoms with E-state index in [1.54, 1.807) is 0 Å². The summed E-state index contributed by atoms with van der Waals surface area (Å²) in [4.78, 5) is 0. The molecule has 0 aromatic carbocycles. The number of hydrogen-bond donors (Lipinski definition) is 3. The molecule has 3 heteroatoms. The van der Waals surface area contributed by atoms with E-state index in [9.17, 15) is 0 Å². The molecule has 1 rings (SSSR count). The molecule has 0 radical (unpaired) electrons. The number of amidine groups is 1. The van der Waals surface area contributed by atoms with E-state index in [0.29, 0.717) is 11.8 Å². The largest absolute Gasteiger partial charge is 0.396 e. The minimum Gasteiger partial charge on any atom is -0.396 e. The Balaban J connectivity index is 2.32. The molecule has 1 atom stereocenters. The van der Waals surface area contributed by atoms with Gasteiger partial charge in [-0.15, -0.1) is 0 Å². The molecule has 1 aliphatic rings. The fourth-order valence-corrected chi connectivity index (χ4v) is 0.830. The maximum Gasteiger partial charge on any atom is 0.0935 e. The van der Waals surface area contributed by atoms with E-state index in [1.807, 2.05) is 0 Å². The Kier molecular flexibility index (Phi) is 1.48. The molecule has 0 aromatic heterocycles. The topological polar surface area (TPSA) is 56.1 Å². The van der Waals surface area contributed by atoms with Crippen LogP contribution in [0.3, 0.4) is 0 Å². The number of aliphatic hydroxyl groups excluding tert-OH is 1. The Labute approximate surface area is 48.2 Å². The lowest BCUT2D eigenvalue weighted by Gasteiger charge is -1.97. The second-order valence-electron chi connectivity index (χ2n) is 2.11. The number of hydrogen-bond acceptors (Lipinski definition) is 2. The van der Waals surface area contributed by atoms with Gasteiger partial charge in [0.2, 0.25) is 0 Å². The van der Waals surface area contributed by atoms with Gasteiger partial charge in [-0.1, -0.05) is 0 Å². The van der Waals surface area contributed by atoms with E-state index >= 15 is 0 Å². The molecule has 0 saturated carbocycles. The third-order valence-electron chi connectivity index (χ3n) is 1.36. The molecule has 1 fully saturated rings. The number of aliphatic hydroxyl groups is 1. The van der Waals surface area contributed by atoms with Gasteiger partial charge in [0.25, 0.3) is 0 Å². The van der Waals surface area contributed by atoms with Crippen LogP contribution < -0.4 is 5.32 Å². The Morgan fingerprint density at radius 3 is 2.88 bits per heavy atom. The van der Waals surface area contributed by atoms with Gasteiger partial charge < -0.3 is 10.4 Å². The van der Waals surface area contributed by atoms with Gasteiger partial charge in [0.1, 0.15) is 0 Å². The highest BCUT2D eigenvalue weighted by atomic mass is 16.3. The lowest BCUT2D eigenvalue weighted by atomic mass is 10.1. The second kappa shape index (κ2) is 2.13. The van der Waals surface area contributed by atoms with Gasteiger partial charge in [0.15, 0.2) is 0 Å². The molecule has 3 nitrogen and oxygen atoms in total. The van der Waals surface area contributed by atoms with Crippen LogP contribution in [0.25, 0.3) is 0 Å². The predicted molar refractivity (Wildman–Crippen MR) is 30.9 cm³/mol. The normalized spacial score (nSPS) is 28.1. The highest BCUT2D eigenvalue weighted by Crippen LogP contribution is 2.06. The van der Waals surface area contributed by atoms with Crippen molar-refractivity contribution in [2.75, 3.05) is 13.2 Å². The zero-order chi connectivity index (χ0) is 5.98. The van der Waals surface area contributed by atoms with Gasteiger partial charge >= 0.3 is 0 Å². The third-order valence-corrected chi connectivity index (χ3v) is 1.36. The monoisotopic (exact) mass is 114 g/mol. The first-order valence-electron chi connectivity index (χ1n) is 2.75. The van der Waals surface area contributed by atoms with Crippen molar-refractivity contribution in [3.8, 4) is 0 Å². The Hall–Kier alpha value is -0.570. The summed E-state index contributed by atoms with van der Waals surface area (Å²) >= 11 is 0. The van der Waals surface area contributed by atoms with Crippen LogP contribution in [-0.4, -0.2) is 24.1 Å². The Bertz CT molecular complexity index is 103. The van der Waals surface area contributed by atoms with Crippen molar-refractivity contribution in [1.82, 2.24) is 5.32 Å². The molecule has 0 bridgehead atoms. The third kappa shape index (κ3) is 0.980. The molecule has 8 heavy (non-hydrogen) atoms. The summed E-state index contributed by atoms with van der Waals surface area (Å²) in [6.45, 7) is 0.977. The second-order valence-corrected chi connectivity index (χ2v) is 2.11. The van der Waals surface area contributed by atoms with Crippen molar-refractivity contribution in [2.45, 2.75) is 6.42 Å². The molecule has 0 amide bonds. The smallest absolute Gasteiger partial charge is 0.0935 e. The van der Waals surface area contributed by atoms with Crippen LogP contribution in [0.4, 0.5) is 0 Å². The highest BCUT2D eigenvalue weighted by molar-refractivity contribution is 5.81. The van der Waals surface area contributed by atoms with Gasteiger partial charge in [-0.05, 0) is 0 Å². The summed E-state index contributed by atoms with van der Waals surface area (Å²) in [6, 6.07) is 0. The molecule has 1 aliphatic heterocycles. The standard InChI is InChI=1S/C5H10N2O/c6-5-1-4(3-8)2-7-5/h4,8H,1-3H2,(H2,6,7). The first kappa shape index (κ1) is 5.56. The van der Waals surface area contributed by atoms with Crippen molar-refractivity contribution in [2.24, 2.45) is 5.92 Å². The van der Waals surface area contributed by atoms with Crippen molar-refractivity contribution in [3.63, 3.8) is 0 Å². The van der Waals surface area contributed by atoms with Crippen LogP contribution in [0.15, 0.2) is 0 Å². The molecular weight excluding hydrogens is 104 g/mol. The molecule has 0 aliphatic carbocycles. The van der Waals surface area contributed by atoms with Gasteiger partial charge in [-0.2, -0.15) is 0 Å². The van der Waals surface area contributed by atoms with E-state index in [2.05, 4.69) is 5.32 Å². The lowest BCUT2D eigenvalue weighted by Crippen LogP contribution is -2.14. The quantitative estimate of drug-likeness (QED) is 0.433. The van der Waals surface area contributed by atoms with E-state index in [-0.39, 0.29) is 6.61 Å². The molecule has 0 spiro atoms. The summed E-state index contributed by atoms with van der Waals surface area (Å²) in [5, 5.41) is 18.5. The Morgan fingerprint density at radius 2 is 2.62 bits per heavy atom. The van der Waals surface area contributed by atoms with Gasteiger partial charge in [0.05, 0.1) is 5.84 Å². The molecule has 0 aromatic rings. The molecular formula is C5H10N2O. The zero-order valence-corrected chi connectivity index (χ0v) is 4.65. The summed E-state index contributed by atoms with van der Waals surface area (Å²) in [7, 11) is 0. The number of rotatable bonds is 1. The van der Waals surface area contributed by atoms with Crippen molar-refractivity contribution in [3.05, 3.63) is 0 Å². The van der Waals surface area contributed by atoms with Gasteiger partial charge in [-0.3, -0.25) is 5.41 Å². The molecule has 3 N–H and O–H groups in total.